The van der Waals surface area contributed by atoms with Gasteiger partial charge in [0.25, 0.3) is 0 Å². The molecule has 0 aliphatic carbocycles. The zero-order valence-corrected chi connectivity index (χ0v) is 8.04. The smallest absolute Gasteiger partial charge is 0.236 e. The summed E-state index contributed by atoms with van der Waals surface area (Å²) in [7, 11) is 0. The van der Waals surface area contributed by atoms with Gasteiger partial charge < -0.3 is 16.4 Å². The monoisotopic (exact) mass is 205 g/mol. The topological polar surface area (TPSA) is 84.2 Å². The molecular formula is C10H11N3O2. The van der Waals surface area contributed by atoms with Crippen molar-refractivity contribution >= 4 is 23.2 Å². The molecule has 0 saturated heterocycles. The van der Waals surface area contributed by atoms with Gasteiger partial charge in [-0.2, -0.15) is 0 Å². The zero-order chi connectivity index (χ0) is 10.8. The van der Waals surface area contributed by atoms with Crippen molar-refractivity contribution in [1.82, 2.24) is 0 Å². The molecule has 0 atom stereocenters. The van der Waals surface area contributed by atoms with Crippen LogP contribution < -0.4 is 16.4 Å². The summed E-state index contributed by atoms with van der Waals surface area (Å²) < 4.78 is 0. The third-order valence-electron chi connectivity index (χ3n) is 2.20. The Hall–Kier alpha value is -2.04. The van der Waals surface area contributed by atoms with Crippen molar-refractivity contribution in [3.63, 3.8) is 0 Å². The van der Waals surface area contributed by atoms with Crippen molar-refractivity contribution in [3.8, 4) is 0 Å². The number of amides is 2. The molecule has 5 nitrogen and oxygen atoms in total. The first-order chi connectivity index (χ1) is 7.15. The molecule has 0 radical (unpaired) electrons. The third kappa shape index (κ3) is 2.07. The lowest BCUT2D eigenvalue weighted by molar-refractivity contribution is -0.116. The minimum atomic E-state index is -0.412. The second-order valence-electron chi connectivity index (χ2n) is 3.42. The van der Waals surface area contributed by atoms with Crippen LogP contribution in [0.3, 0.4) is 0 Å². The van der Waals surface area contributed by atoms with E-state index < -0.39 is 5.91 Å². The number of hydrogen-bond acceptors (Lipinski definition) is 3. The van der Waals surface area contributed by atoms with E-state index >= 15 is 0 Å². The molecule has 4 N–H and O–H groups in total. The van der Waals surface area contributed by atoms with Gasteiger partial charge in [-0.15, -0.1) is 0 Å². The largest absolute Gasteiger partial charge is 0.376 e. The number of fused-ring (bicyclic) bond motifs is 1. The second-order valence-corrected chi connectivity index (χ2v) is 3.42. The zero-order valence-electron chi connectivity index (χ0n) is 8.04. The number of carbonyl (C=O) groups excluding carboxylic acids is 2. The fourth-order valence-electron chi connectivity index (χ4n) is 1.53. The summed E-state index contributed by atoms with van der Waals surface area (Å²) in [6.07, 6.45) is 0.390. The maximum atomic E-state index is 11.1. The summed E-state index contributed by atoms with van der Waals surface area (Å²) in [5.74, 6) is -0.415. The van der Waals surface area contributed by atoms with Gasteiger partial charge in [-0.1, -0.05) is 0 Å². The molecule has 0 fully saturated rings. The molecule has 0 bridgehead atoms. The molecule has 0 unspecified atom stereocenters. The Bertz CT molecular complexity index is 429. The number of anilines is 2. The van der Waals surface area contributed by atoms with Gasteiger partial charge in [0, 0.05) is 11.4 Å². The van der Waals surface area contributed by atoms with Crippen LogP contribution in [0.25, 0.3) is 0 Å². The number of carbonyl (C=O) groups is 2. The van der Waals surface area contributed by atoms with Crippen molar-refractivity contribution in [2.75, 3.05) is 17.2 Å². The minimum Gasteiger partial charge on any atom is -0.376 e. The van der Waals surface area contributed by atoms with Gasteiger partial charge >= 0.3 is 0 Å². The number of rotatable bonds is 3. The van der Waals surface area contributed by atoms with E-state index in [1.807, 2.05) is 12.1 Å². The van der Waals surface area contributed by atoms with Gasteiger partial charge in [-0.05, 0) is 23.8 Å². The molecule has 2 rings (SSSR count). The van der Waals surface area contributed by atoms with Crippen molar-refractivity contribution in [3.05, 3.63) is 23.8 Å². The Morgan fingerprint density at radius 2 is 2.33 bits per heavy atom. The SMILES string of the molecule is NC(=O)CNc1ccc2c(c1)CC(=O)N2. The van der Waals surface area contributed by atoms with Gasteiger partial charge in [0.2, 0.25) is 11.8 Å². The highest BCUT2D eigenvalue weighted by atomic mass is 16.2. The van der Waals surface area contributed by atoms with Crippen LogP contribution in [0.15, 0.2) is 18.2 Å². The van der Waals surface area contributed by atoms with Crippen molar-refractivity contribution < 1.29 is 9.59 Å². The van der Waals surface area contributed by atoms with Crippen molar-refractivity contribution in [2.45, 2.75) is 6.42 Å². The third-order valence-corrected chi connectivity index (χ3v) is 2.20. The lowest BCUT2D eigenvalue weighted by Crippen LogP contribution is -2.21. The molecule has 0 spiro atoms. The molecule has 5 heteroatoms. The maximum Gasteiger partial charge on any atom is 0.236 e. The van der Waals surface area contributed by atoms with Crippen LogP contribution in [-0.4, -0.2) is 18.4 Å². The number of benzene rings is 1. The predicted molar refractivity (Wildman–Crippen MR) is 56.5 cm³/mol. The Morgan fingerprint density at radius 1 is 1.53 bits per heavy atom. The summed E-state index contributed by atoms with van der Waals surface area (Å²) in [6.45, 7) is 0.0974. The van der Waals surface area contributed by atoms with Gasteiger partial charge in [0.15, 0.2) is 0 Å². The van der Waals surface area contributed by atoms with E-state index in [0.717, 1.165) is 16.9 Å². The van der Waals surface area contributed by atoms with E-state index in [2.05, 4.69) is 10.6 Å². The average molecular weight is 205 g/mol. The molecule has 1 aliphatic rings. The first-order valence-electron chi connectivity index (χ1n) is 4.60. The molecule has 1 aliphatic heterocycles. The number of nitrogens with one attached hydrogen (secondary N) is 2. The highest BCUT2D eigenvalue weighted by Gasteiger charge is 2.17. The molecule has 2 amide bonds. The number of nitrogens with two attached hydrogens (primary N) is 1. The molecule has 0 saturated carbocycles. The van der Waals surface area contributed by atoms with Crippen LogP contribution in [0.1, 0.15) is 5.56 Å². The first kappa shape index (κ1) is 9.51. The Morgan fingerprint density at radius 3 is 3.07 bits per heavy atom. The van der Waals surface area contributed by atoms with Gasteiger partial charge in [-0.3, -0.25) is 9.59 Å². The van der Waals surface area contributed by atoms with E-state index in [0.29, 0.717) is 6.42 Å². The van der Waals surface area contributed by atoms with Crippen LogP contribution in [0, 0.1) is 0 Å². The summed E-state index contributed by atoms with van der Waals surface area (Å²) in [6, 6.07) is 5.45. The Balaban J connectivity index is 2.13. The first-order valence-corrected chi connectivity index (χ1v) is 4.60. The van der Waals surface area contributed by atoms with E-state index in [-0.39, 0.29) is 12.5 Å². The van der Waals surface area contributed by atoms with E-state index in [4.69, 9.17) is 5.73 Å². The second kappa shape index (κ2) is 3.61. The molecule has 0 aromatic heterocycles. The van der Waals surface area contributed by atoms with E-state index in [1.54, 1.807) is 6.07 Å². The fourth-order valence-corrected chi connectivity index (χ4v) is 1.53. The molecule has 1 heterocycles. The Labute approximate surface area is 86.6 Å². The lowest BCUT2D eigenvalue weighted by atomic mass is 10.1. The number of hydrogen-bond donors (Lipinski definition) is 3. The molecule has 78 valence electrons. The van der Waals surface area contributed by atoms with Crippen LogP contribution in [-0.2, 0) is 16.0 Å². The molecular weight excluding hydrogens is 194 g/mol. The standard InChI is InChI=1S/C10H11N3O2/c11-9(14)5-12-7-1-2-8-6(3-7)4-10(15)13-8/h1-3,12H,4-5H2,(H2,11,14)(H,13,15). The van der Waals surface area contributed by atoms with Crippen LogP contribution >= 0.6 is 0 Å². The Kier molecular flexibility index (Phi) is 2.29. The number of primary amides is 1. The predicted octanol–water partition coefficient (Wildman–Crippen LogP) is 0.0784. The van der Waals surface area contributed by atoms with Crippen LogP contribution in [0.2, 0.25) is 0 Å². The van der Waals surface area contributed by atoms with Gasteiger partial charge in [0.05, 0.1) is 13.0 Å². The summed E-state index contributed by atoms with van der Waals surface area (Å²) in [5.41, 5.74) is 7.58. The summed E-state index contributed by atoms with van der Waals surface area (Å²) in [5, 5.41) is 5.61. The minimum absolute atomic E-state index is 0.00273. The molecule has 1 aromatic rings. The van der Waals surface area contributed by atoms with Crippen molar-refractivity contribution in [2.24, 2.45) is 5.73 Å². The highest BCUT2D eigenvalue weighted by Crippen LogP contribution is 2.25. The quantitative estimate of drug-likeness (QED) is 0.653. The molecule has 15 heavy (non-hydrogen) atoms. The van der Waals surface area contributed by atoms with Crippen LogP contribution in [0.4, 0.5) is 11.4 Å². The fraction of sp³-hybridized carbons (Fsp3) is 0.200. The normalized spacial score (nSPS) is 13.2. The van der Waals surface area contributed by atoms with E-state index in [1.165, 1.54) is 0 Å². The average Bonchev–Trinajstić information content (AvgIpc) is 2.53. The van der Waals surface area contributed by atoms with Gasteiger partial charge in [0.1, 0.15) is 0 Å². The van der Waals surface area contributed by atoms with Crippen LogP contribution in [0.5, 0.6) is 0 Å². The van der Waals surface area contributed by atoms with Gasteiger partial charge in [-0.25, -0.2) is 0 Å². The maximum absolute atomic E-state index is 11.1. The molecule has 1 aromatic carbocycles. The highest BCUT2D eigenvalue weighted by molar-refractivity contribution is 5.99. The summed E-state index contributed by atoms with van der Waals surface area (Å²) in [4.78, 5) is 21.6. The van der Waals surface area contributed by atoms with Crippen molar-refractivity contribution in [1.29, 1.82) is 0 Å². The summed E-state index contributed by atoms with van der Waals surface area (Å²) >= 11 is 0. The van der Waals surface area contributed by atoms with E-state index in [9.17, 15) is 9.59 Å². The lowest BCUT2D eigenvalue weighted by Gasteiger charge is -2.05.